The monoisotopic (exact) mass is 512 g/mol. The lowest BCUT2D eigenvalue weighted by Crippen LogP contribution is -2.17. The highest BCUT2D eigenvalue weighted by atomic mass is 32.1. The molecule has 1 amide bonds. The van der Waals surface area contributed by atoms with Gasteiger partial charge >= 0.3 is 5.97 Å². The highest BCUT2D eigenvalue weighted by Crippen LogP contribution is 2.40. The first-order valence-corrected chi connectivity index (χ1v) is 13.8. The highest BCUT2D eigenvalue weighted by molar-refractivity contribution is 7.17. The van der Waals surface area contributed by atoms with E-state index in [1.807, 2.05) is 43.3 Å². The Balaban J connectivity index is 1.57. The summed E-state index contributed by atoms with van der Waals surface area (Å²) in [5.74, 6) is -0.0432. The summed E-state index contributed by atoms with van der Waals surface area (Å²) in [4.78, 5) is 32.9. The van der Waals surface area contributed by atoms with Crippen molar-refractivity contribution in [2.45, 2.75) is 53.4 Å². The van der Waals surface area contributed by atoms with Crippen molar-refractivity contribution in [3.8, 4) is 11.3 Å². The van der Waals surface area contributed by atoms with E-state index in [9.17, 15) is 9.59 Å². The molecule has 1 atom stereocenters. The molecule has 37 heavy (non-hydrogen) atoms. The number of esters is 1. The van der Waals surface area contributed by atoms with Crippen LogP contribution in [0.5, 0.6) is 0 Å². The van der Waals surface area contributed by atoms with E-state index in [-0.39, 0.29) is 11.9 Å². The smallest absolute Gasteiger partial charge is 0.341 e. The molecule has 6 heteroatoms. The average molecular weight is 513 g/mol. The second-order valence-corrected chi connectivity index (χ2v) is 11.1. The lowest BCUT2D eigenvalue weighted by atomic mass is 9.88. The topological polar surface area (TPSA) is 68.3 Å². The zero-order chi connectivity index (χ0) is 26.1. The fourth-order valence-corrected chi connectivity index (χ4v) is 6.30. The van der Waals surface area contributed by atoms with Crippen molar-refractivity contribution in [3.05, 3.63) is 81.2 Å². The third-order valence-corrected chi connectivity index (χ3v) is 8.31. The molecule has 0 radical (unpaired) electrons. The second-order valence-electron chi connectivity index (χ2n) is 10.0. The Kier molecular flexibility index (Phi) is 7.11. The zero-order valence-electron chi connectivity index (χ0n) is 21.8. The number of thiophene rings is 1. The van der Waals surface area contributed by atoms with Crippen molar-refractivity contribution in [3.63, 3.8) is 0 Å². The van der Waals surface area contributed by atoms with E-state index in [2.05, 4.69) is 38.2 Å². The van der Waals surface area contributed by atoms with E-state index < -0.39 is 0 Å². The van der Waals surface area contributed by atoms with Gasteiger partial charge in [0.15, 0.2) is 0 Å². The number of ether oxygens (including phenoxy) is 1. The molecule has 190 valence electrons. The molecule has 5 nitrogen and oxygen atoms in total. The molecule has 1 N–H and O–H groups in total. The van der Waals surface area contributed by atoms with Gasteiger partial charge in [0.05, 0.1) is 28.9 Å². The molecule has 2 heterocycles. The fourth-order valence-electron chi connectivity index (χ4n) is 4.90. The number of carbonyl (C=O) groups excluding carboxylic acids is 2. The second kappa shape index (κ2) is 10.5. The van der Waals surface area contributed by atoms with Gasteiger partial charge in [-0.2, -0.15) is 0 Å². The van der Waals surface area contributed by atoms with Crippen molar-refractivity contribution >= 4 is 39.1 Å². The summed E-state index contributed by atoms with van der Waals surface area (Å²) in [6.45, 7) is 8.72. The van der Waals surface area contributed by atoms with Crippen LogP contribution in [0.15, 0.2) is 48.5 Å². The molecule has 2 aromatic carbocycles. The van der Waals surface area contributed by atoms with E-state index in [1.165, 1.54) is 27.3 Å². The van der Waals surface area contributed by atoms with Crippen LogP contribution in [0, 0.1) is 19.8 Å². The SMILES string of the molecule is CCCOC(=O)c1c(NC(=O)c2cc(-c3ccc(C)c(C)c3)nc3ccccc23)sc2c1CC[C@@H](C)C2. The van der Waals surface area contributed by atoms with Gasteiger partial charge < -0.3 is 10.1 Å². The van der Waals surface area contributed by atoms with Gasteiger partial charge in [-0.05, 0) is 80.3 Å². The molecule has 1 aliphatic carbocycles. The van der Waals surface area contributed by atoms with Gasteiger partial charge in [-0.15, -0.1) is 11.3 Å². The maximum atomic E-state index is 13.8. The van der Waals surface area contributed by atoms with Crippen molar-refractivity contribution < 1.29 is 14.3 Å². The molecule has 4 aromatic rings. The van der Waals surface area contributed by atoms with Gasteiger partial charge in [0.2, 0.25) is 0 Å². The van der Waals surface area contributed by atoms with E-state index in [0.717, 1.165) is 53.4 Å². The summed E-state index contributed by atoms with van der Waals surface area (Å²) in [5, 5.41) is 4.46. The molecule has 0 aliphatic heterocycles. The first kappa shape index (κ1) is 25.2. The zero-order valence-corrected chi connectivity index (χ0v) is 22.6. The molecule has 0 spiro atoms. The molecule has 0 bridgehead atoms. The van der Waals surface area contributed by atoms with Crippen LogP contribution in [0.3, 0.4) is 0 Å². The molecular weight excluding hydrogens is 480 g/mol. The Morgan fingerprint density at radius 3 is 2.70 bits per heavy atom. The molecule has 0 fully saturated rings. The molecular formula is C31H32N2O3S. The van der Waals surface area contributed by atoms with Crippen molar-refractivity contribution in [2.75, 3.05) is 11.9 Å². The Labute approximate surface area is 221 Å². The Bertz CT molecular complexity index is 1500. The lowest BCUT2D eigenvalue weighted by molar-refractivity contribution is 0.0505. The molecule has 0 saturated carbocycles. The quantitative estimate of drug-likeness (QED) is 0.271. The van der Waals surface area contributed by atoms with Crippen LogP contribution in [0.1, 0.15) is 69.0 Å². The van der Waals surface area contributed by atoms with Gasteiger partial charge in [-0.1, -0.05) is 44.2 Å². The number of nitrogens with zero attached hydrogens (tertiary/aromatic N) is 1. The molecule has 0 saturated heterocycles. The van der Waals surface area contributed by atoms with Crippen LogP contribution in [0.2, 0.25) is 0 Å². The minimum atomic E-state index is -0.348. The maximum absolute atomic E-state index is 13.8. The van der Waals surface area contributed by atoms with Crippen molar-refractivity contribution in [2.24, 2.45) is 5.92 Å². The number of nitrogens with one attached hydrogen (secondary N) is 1. The third kappa shape index (κ3) is 5.03. The van der Waals surface area contributed by atoms with Crippen LogP contribution >= 0.6 is 11.3 Å². The predicted octanol–water partition coefficient (Wildman–Crippen LogP) is 7.52. The van der Waals surface area contributed by atoms with Crippen LogP contribution in [0.4, 0.5) is 5.00 Å². The summed E-state index contributed by atoms with van der Waals surface area (Å²) in [5.41, 5.74) is 6.95. The molecule has 5 rings (SSSR count). The van der Waals surface area contributed by atoms with Crippen molar-refractivity contribution in [1.82, 2.24) is 4.98 Å². The van der Waals surface area contributed by atoms with Crippen LogP contribution < -0.4 is 5.32 Å². The number of anilines is 1. The summed E-state index contributed by atoms with van der Waals surface area (Å²) < 4.78 is 5.53. The number of para-hydroxylation sites is 1. The summed E-state index contributed by atoms with van der Waals surface area (Å²) >= 11 is 1.51. The number of benzene rings is 2. The van der Waals surface area contributed by atoms with Crippen molar-refractivity contribution in [1.29, 1.82) is 0 Å². The van der Waals surface area contributed by atoms with E-state index in [4.69, 9.17) is 9.72 Å². The van der Waals surface area contributed by atoms with E-state index >= 15 is 0 Å². The van der Waals surface area contributed by atoms with Gasteiger partial charge in [-0.3, -0.25) is 4.79 Å². The molecule has 2 aromatic heterocycles. The number of amides is 1. The Morgan fingerprint density at radius 2 is 1.92 bits per heavy atom. The van der Waals surface area contributed by atoms with Gasteiger partial charge in [0.1, 0.15) is 5.00 Å². The summed E-state index contributed by atoms with van der Waals surface area (Å²) in [7, 11) is 0. The normalized spacial score (nSPS) is 14.9. The molecule has 1 aliphatic rings. The van der Waals surface area contributed by atoms with Gasteiger partial charge in [0, 0.05) is 15.8 Å². The first-order valence-electron chi connectivity index (χ1n) is 13.0. The van der Waals surface area contributed by atoms with Gasteiger partial charge in [0.25, 0.3) is 5.91 Å². The number of hydrogen-bond donors (Lipinski definition) is 1. The highest BCUT2D eigenvalue weighted by Gasteiger charge is 2.29. The summed E-state index contributed by atoms with van der Waals surface area (Å²) in [6, 6.07) is 15.8. The average Bonchev–Trinajstić information content (AvgIpc) is 3.24. The van der Waals surface area contributed by atoms with Crippen LogP contribution in [0.25, 0.3) is 22.2 Å². The maximum Gasteiger partial charge on any atom is 0.341 e. The number of fused-ring (bicyclic) bond motifs is 2. The minimum Gasteiger partial charge on any atom is -0.462 e. The third-order valence-electron chi connectivity index (χ3n) is 7.14. The molecule has 0 unspecified atom stereocenters. The number of aromatic nitrogens is 1. The number of pyridine rings is 1. The first-order chi connectivity index (χ1) is 17.9. The predicted molar refractivity (Wildman–Crippen MR) is 151 cm³/mol. The van der Waals surface area contributed by atoms with Gasteiger partial charge in [-0.25, -0.2) is 9.78 Å². The number of hydrogen-bond acceptors (Lipinski definition) is 5. The largest absolute Gasteiger partial charge is 0.462 e. The minimum absolute atomic E-state index is 0.250. The van der Waals surface area contributed by atoms with Crippen LogP contribution in [-0.2, 0) is 17.6 Å². The fraction of sp³-hybridized carbons (Fsp3) is 0.323. The Hall–Kier alpha value is -3.51. The standard InChI is InChI=1S/C31H32N2O3S/c1-5-14-36-31(35)28-23-13-10-18(2)15-27(23)37-30(28)33-29(34)24-17-26(21-12-11-19(3)20(4)16-21)32-25-9-7-6-8-22(24)25/h6-9,11-12,16-18H,5,10,13-15H2,1-4H3,(H,33,34)/t18-/m1/s1. The number of carbonyl (C=O) groups is 2. The van der Waals surface area contributed by atoms with Crippen LogP contribution in [-0.4, -0.2) is 23.5 Å². The Morgan fingerprint density at radius 1 is 1.11 bits per heavy atom. The summed E-state index contributed by atoms with van der Waals surface area (Å²) in [6.07, 6.45) is 3.52. The van der Waals surface area contributed by atoms with E-state index in [1.54, 1.807) is 0 Å². The lowest BCUT2D eigenvalue weighted by Gasteiger charge is -2.18. The van der Waals surface area contributed by atoms with E-state index in [0.29, 0.717) is 28.7 Å². The number of aryl methyl sites for hydroxylation is 2. The number of rotatable bonds is 6.